The zero-order valence-electron chi connectivity index (χ0n) is 14.5. The van der Waals surface area contributed by atoms with Gasteiger partial charge in [-0.15, -0.1) is 0 Å². The molecule has 0 unspecified atom stereocenters. The highest BCUT2D eigenvalue weighted by Gasteiger charge is 2.26. The van der Waals surface area contributed by atoms with E-state index in [2.05, 4.69) is 9.97 Å². The number of rotatable bonds is 4. The largest absolute Gasteiger partial charge is 0.609 e. The van der Waals surface area contributed by atoms with E-state index in [1.165, 1.54) is 4.90 Å². The number of benzene rings is 1. The quantitative estimate of drug-likeness (QED) is 0.800. The lowest BCUT2D eigenvalue weighted by molar-refractivity contribution is 0.110. The number of piperidine rings is 1. The first kappa shape index (κ1) is 17.9. The van der Waals surface area contributed by atoms with Gasteiger partial charge in [0, 0.05) is 42.2 Å². The van der Waals surface area contributed by atoms with Crippen molar-refractivity contribution in [3.05, 3.63) is 30.6 Å². The number of carboxylic acid groups (broad SMARTS) is 1. The molecule has 0 saturated carbocycles. The summed E-state index contributed by atoms with van der Waals surface area (Å²) in [5.74, 6) is 1.14. The van der Waals surface area contributed by atoms with Crippen molar-refractivity contribution in [3.63, 3.8) is 0 Å². The maximum atomic E-state index is 11.7. The van der Waals surface area contributed by atoms with Crippen LogP contribution in [0.5, 0.6) is 11.8 Å². The molecule has 0 bridgehead atoms. The highest BCUT2D eigenvalue weighted by molar-refractivity contribution is 7.91. The van der Waals surface area contributed by atoms with Crippen LogP contribution < -0.4 is 9.47 Å². The van der Waals surface area contributed by atoms with E-state index in [9.17, 15) is 9.35 Å². The highest BCUT2D eigenvalue weighted by atomic mass is 32.2. The van der Waals surface area contributed by atoms with E-state index in [0.717, 1.165) is 24.0 Å². The number of hydrogen-bond acceptors (Lipinski definition) is 6. The Morgan fingerprint density at radius 2 is 2.04 bits per heavy atom. The minimum Gasteiger partial charge on any atom is -0.609 e. The van der Waals surface area contributed by atoms with Crippen LogP contribution in [0.2, 0.25) is 0 Å². The van der Waals surface area contributed by atoms with E-state index in [-0.39, 0.29) is 5.94 Å². The molecule has 1 amide bonds. The summed E-state index contributed by atoms with van der Waals surface area (Å²) in [5.41, 5.74) is 1.71. The van der Waals surface area contributed by atoms with E-state index in [1.807, 2.05) is 18.2 Å². The molecule has 27 heavy (non-hydrogen) atoms. The molecule has 1 N–H and O–H groups in total. The Morgan fingerprint density at radius 3 is 2.74 bits per heavy atom. The van der Waals surface area contributed by atoms with Crippen LogP contribution in [0, 0.1) is 5.92 Å². The predicted octanol–water partition coefficient (Wildman–Crippen LogP) is 2.37. The smallest absolute Gasteiger partial charge is 0.407 e. The van der Waals surface area contributed by atoms with E-state index >= 15 is 0 Å². The monoisotopic (exact) mass is 389 g/mol. The standard InChI is InChI=1S/C18H19N3O5S/c22-18(23)21-5-3-12(4-6-21)10-25-17-19-8-14(9-20-17)13-1-2-16-15(7-13)26-11-27(16)24/h1-2,7-9,12H,3-6,10-11H2,(H,22,23)/t27-/m0/s1. The summed E-state index contributed by atoms with van der Waals surface area (Å²) in [6.45, 7) is 1.55. The highest BCUT2D eigenvalue weighted by Crippen LogP contribution is 2.35. The first-order chi connectivity index (χ1) is 13.1. The first-order valence-corrected chi connectivity index (χ1v) is 10.0. The molecular weight excluding hydrogens is 370 g/mol. The second-order valence-corrected chi connectivity index (χ2v) is 7.91. The minimum atomic E-state index is -1.09. The van der Waals surface area contributed by atoms with Gasteiger partial charge in [-0.05, 0) is 42.5 Å². The van der Waals surface area contributed by atoms with Crippen molar-refractivity contribution in [2.45, 2.75) is 17.7 Å². The summed E-state index contributed by atoms with van der Waals surface area (Å²) in [7, 11) is 0. The summed E-state index contributed by atoms with van der Waals surface area (Å²) in [6.07, 6.45) is 4.06. The molecule has 2 aliphatic heterocycles. The lowest BCUT2D eigenvalue weighted by atomic mass is 9.98. The van der Waals surface area contributed by atoms with Crippen molar-refractivity contribution in [3.8, 4) is 22.9 Å². The second-order valence-electron chi connectivity index (χ2n) is 6.55. The molecule has 8 nitrogen and oxygen atoms in total. The normalized spacial score (nSPS) is 19.4. The maximum Gasteiger partial charge on any atom is 0.407 e. The third kappa shape index (κ3) is 3.93. The van der Waals surface area contributed by atoms with Gasteiger partial charge < -0.3 is 24.0 Å². The number of likely N-dealkylation sites (tertiary alicyclic amines) is 1. The summed E-state index contributed by atoms with van der Waals surface area (Å²) < 4.78 is 22.8. The lowest BCUT2D eigenvalue weighted by Crippen LogP contribution is -2.38. The average molecular weight is 389 g/mol. The van der Waals surface area contributed by atoms with Gasteiger partial charge in [-0.2, -0.15) is 0 Å². The fourth-order valence-electron chi connectivity index (χ4n) is 3.19. The van der Waals surface area contributed by atoms with Gasteiger partial charge in [-0.25, -0.2) is 14.8 Å². The van der Waals surface area contributed by atoms with Crippen LogP contribution in [-0.2, 0) is 11.2 Å². The third-order valence-electron chi connectivity index (χ3n) is 4.81. The Morgan fingerprint density at radius 1 is 1.30 bits per heavy atom. The minimum absolute atomic E-state index is 0.202. The molecule has 4 rings (SSSR count). The molecule has 1 fully saturated rings. The zero-order valence-corrected chi connectivity index (χ0v) is 15.4. The first-order valence-electron chi connectivity index (χ1n) is 8.68. The van der Waals surface area contributed by atoms with E-state index in [0.29, 0.717) is 42.3 Å². The molecule has 3 heterocycles. The van der Waals surface area contributed by atoms with Crippen molar-refractivity contribution >= 4 is 17.3 Å². The van der Waals surface area contributed by atoms with Crippen molar-refractivity contribution in [1.29, 1.82) is 0 Å². The van der Waals surface area contributed by atoms with Crippen LogP contribution in [0.3, 0.4) is 0 Å². The average Bonchev–Trinajstić information content (AvgIpc) is 3.07. The van der Waals surface area contributed by atoms with Gasteiger partial charge in [0.25, 0.3) is 5.94 Å². The maximum absolute atomic E-state index is 11.7. The topological polar surface area (TPSA) is 108 Å². The van der Waals surface area contributed by atoms with Crippen LogP contribution in [-0.4, -0.2) is 56.3 Å². The van der Waals surface area contributed by atoms with Gasteiger partial charge in [0.05, 0.1) is 6.61 Å². The molecule has 1 aromatic heterocycles. The Labute approximate surface area is 159 Å². The molecule has 0 radical (unpaired) electrons. The van der Waals surface area contributed by atoms with Crippen molar-refractivity contribution in [2.24, 2.45) is 5.92 Å². The van der Waals surface area contributed by atoms with Crippen LogP contribution in [0.15, 0.2) is 35.5 Å². The Hall–Kier alpha value is -2.52. The van der Waals surface area contributed by atoms with Crippen LogP contribution in [0.1, 0.15) is 12.8 Å². The fraction of sp³-hybridized carbons (Fsp3) is 0.389. The molecule has 2 aromatic rings. The van der Waals surface area contributed by atoms with Gasteiger partial charge in [-0.3, -0.25) is 0 Å². The van der Waals surface area contributed by atoms with Gasteiger partial charge in [-0.1, -0.05) is 0 Å². The summed E-state index contributed by atoms with van der Waals surface area (Å²) in [5, 5.41) is 8.97. The van der Waals surface area contributed by atoms with Crippen molar-refractivity contribution < 1.29 is 23.9 Å². The summed E-state index contributed by atoms with van der Waals surface area (Å²) in [6, 6.07) is 5.83. The van der Waals surface area contributed by atoms with Gasteiger partial charge in [0.2, 0.25) is 0 Å². The molecule has 2 aliphatic rings. The van der Waals surface area contributed by atoms with E-state index in [4.69, 9.17) is 14.6 Å². The van der Waals surface area contributed by atoms with Crippen LogP contribution in [0.4, 0.5) is 4.79 Å². The molecule has 1 atom stereocenters. The predicted molar refractivity (Wildman–Crippen MR) is 97.2 cm³/mol. The number of nitrogens with zero attached hydrogens (tertiary/aromatic N) is 3. The number of aromatic nitrogens is 2. The second kappa shape index (κ2) is 7.61. The Kier molecular flexibility index (Phi) is 5.04. The third-order valence-corrected chi connectivity index (χ3v) is 5.96. The lowest BCUT2D eigenvalue weighted by Gasteiger charge is -2.29. The molecule has 142 valence electrons. The van der Waals surface area contributed by atoms with Crippen molar-refractivity contribution in [1.82, 2.24) is 14.9 Å². The fourth-order valence-corrected chi connectivity index (χ4v) is 4.12. The Balaban J connectivity index is 1.34. The van der Waals surface area contributed by atoms with Gasteiger partial charge >= 0.3 is 12.1 Å². The van der Waals surface area contributed by atoms with Crippen molar-refractivity contribution in [2.75, 3.05) is 25.6 Å². The Bertz CT molecular complexity index is 824. The molecule has 1 aromatic carbocycles. The number of fused-ring (bicyclic) bond motifs is 1. The summed E-state index contributed by atoms with van der Waals surface area (Å²) in [4.78, 5) is 21.6. The SMILES string of the molecule is O=C(O)N1CCC(COc2ncc(-c3ccc4c(c3)OC[S@+]4[O-])cn2)CC1. The van der Waals surface area contributed by atoms with Crippen LogP contribution in [0.25, 0.3) is 11.1 Å². The number of ether oxygens (including phenoxy) is 2. The number of amides is 1. The van der Waals surface area contributed by atoms with Gasteiger partial charge in [0.15, 0.2) is 10.6 Å². The zero-order chi connectivity index (χ0) is 18.8. The van der Waals surface area contributed by atoms with Gasteiger partial charge in [0.1, 0.15) is 0 Å². The van der Waals surface area contributed by atoms with E-state index < -0.39 is 17.3 Å². The molecular formula is C18H19N3O5S. The number of carbonyl (C=O) groups is 1. The molecule has 9 heteroatoms. The molecule has 0 aliphatic carbocycles. The summed E-state index contributed by atoms with van der Waals surface area (Å²) >= 11 is -1.09. The van der Waals surface area contributed by atoms with Crippen LogP contribution >= 0.6 is 0 Å². The molecule has 0 spiro atoms. The molecule has 1 saturated heterocycles. The van der Waals surface area contributed by atoms with E-state index in [1.54, 1.807) is 12.4 Å². The number of hydrogen-bond donors (Lipinski definition) is 1.